The molecule has 2 aromatic rings. The van der Waals surface area contributed by atoms with E-state index in [9.17, 15) is 18.5 Å². The Morgan fingerprint density at radius 3 is 2.33 bits per heavy atom. The van der Waals surface area contributed by atoms with Gasteiger partial charge >= 0.3 is 0 Å². The molecule has 0 fully saturated rings. The standard InChI is InChI=1S/C15H16ClN3O4S/c1-10(11-3-5-12(16)6-4-11)18-14-8-7-13(24(22,23)17-2)9-15(14)19(20)21/h3-10,17-18H,1-2H3. The monoisotopic (exact) mass is 369 g/mol. The van der Waals surface area contributed by atoms with Crippen molar-refractivity contribution in [1.82, 2.24) is 4.72 Å². The average Bonchev–Trinajstić information content (AvgIpc) is 2.55. The number of hydrogen-bond donors (Lipinski definition) is 2. The Bertz CT molecular complexity index is 854. The van der Waals surface area contributed by atoms with Crippen LogP contribution in [0, 0.1) is 10.1 Å². The van der Waals surface area contributed by atoms with Crippen LogP contribution in [0.2, 0.25) is 5.02 Å². The first-order valence-electron chi connectivity index (χ1n) is 6.98. The molecule has 0 aromatic heterocycles. The molecule has 2 N–H and O–H groups in total. The lowest BCUT2D eigenvalue weighted by Crippen LogP contribution is -2.19. The van der Waals surface area contributed by atoms with Crippen molar-refractivity contribution in [3.8, 4) is 0 Å². The van der Waals surface area contributed by atoms with Crippen molar-refractivity contribution in [2.24, 2.45) is 0 Å². The molecule has 0 saturated carbocycles. The summed E-state index contributed by atoms with van der Waals surface area (Å²) in [6, 6.07) is 10.6. The van der Waals surface area contributed by atoms with Gasteiger partial charge in [0.1, 0.15) is 5.69 Å². The van der Waals surface area contributed by atoms with Crippen molar-refractivity contribution in [1.29, 1.82) is 0 Å². The van der Waals surface area contributed by atoms with Gasteiger partial charge in [-0.25, -0.2) is 13.1 Å². The summed E-state index contributed by atoms with van der Waals surface area (Å²) < 4.78 is 25.7. The smallest absolute Gasteiger partial charge is 0.293 e. The van der Waals surface area contributed by atoms with Gasteiger partial charge in [0.25, 0.3) is 5.69 Å². The van der Waals surface area contributed by atoms with Gasteiger partial charge in [-0.15, -0.1) is 0 Å². The van der Waals surface area contributed by atoms with E-state index in [1.54, 1.807) is 12.1 Å². The number of rotatable bonds is 6. The van der Waals surface area contributed by atoms with E-state index in [0.717, 1.165) is 11.6 Å². The molecule has 24 heavy (non-hydrogen) atoms. The SMILES string of the molecule is CNS(=O)(=O)c1ccc(NC(C)c2ccc(Cl)cc2)c([N+](=O)[O-])c1. The highest BCUT2D eigenvalue weighted by Crippen LogP contribution is 2.30. The fraction of sp³-hybridized carbons (Fsp3) is 0.200. The van der Waals surface area contributed by atoms with E-state index in [1.165, 1.54) is 19.2 Å². The van der Waals surface area contributed by atoms with Gasteiger partial charge in [0, 0.05) is 17.1 Å². The molecule has 0 heterocycles. The van der Waals surface area contributed by atoms with Crippen LogP contribution in [-0.4, -0.2) is 20.4 Å². The maximum absolute atomic E-state index is 11.8. The molecule has 1 atom stereocenters. The Kier molecular flexibility index (Phi) is 5.43. The molecule has 128 valence electrons. The number of nitrogens with zero attached hydrogens (tertiary/aromatic N) is 1. The van der Waals surface area contributed by atoms with Crippen LogP contribution in [-0.2, 0) is 10.0 Å². The molecule has 0 amide bonds. The fourth-order valence-corrected chi connectivity index (χ4v) is 3.01. The largest absolute Gasteiger partial charge is 0.373 e. The lowest BCUT2D eigenvalue weighted by Gasteiger charge is -2.16. The van der Waals surface area contributed by atoms with Crippen LogP contribution in [0.4, 0.5) is 11.4 Å². The molecule has 9 heteroatoms. The quantitative estimate of drug-likeness (QED) is 0.600. The minimum Gasteiger partial charge on any atom is -0.373 e. The molecular formula is C15H16ClN3O4S. The van der Waals surface area contributed by atoms with Gasteiger partial charge in [-0.1, -0.05) is 23.7 Å². The lowest BCUT2D eigenvalue weighted by atomic mass is 10.1. The summed E-state index contributed by atoms with van der Waals surface area (Å²) in [6.07, 6.45) is 0. The second-order valence-electron chi connectivity index (χ2n) is 5.06. The Morgan fingerprint density at radius 1 is 1.17 bits per heavy atom. The highest BCUT2D eigenvalue weighted by atomic mass is 35.5. The van der Waals surface area contributed by atoms with E-state index >= 15 is 0 Å². The Balaban J connectivity index is 2.36. The van der Waals surface area contributed by atoms with E-state index in [2.05, 4.69) is 10.0 Å². The second-order valence-corrected chi connectivity index (χ2v) is 7.38. The minimum atomic E-state index is -3.75. The molecule has 1 unspecified atom stereocenters. The van der Waals surface area contributed by atoms with Crippen LogP contribution < -0.4 is 10.0 Å². The van der Waals surface area contributed by atoms with Crippen molar-refractivity contribution in [2.75, 3.05) is 12.4 Å². The number of nitro groups is 1. The predicted octanol–water partition coefficient (Wildman–Crippen LogP) is 3.33. The number of hydrogen-bond acceptors (Lipinski definition) is 5. The van der Waals surface area contributed by atoms with Gasteiger partial charge < -0.3 is 5.32 Å². The van der Waals surface area contributed by atoms with Crippen LogP contribution in [0.5, 0.6) is 0 Å². The lowest BCUT2D eigenvalue weighted by molar-refractivity contribution is -0.384. The number of halogens is 1. The summed E-state index contributed by atoms with van der Waals surface area (Å²) in [4.78, 5) is 10.5. The zero-order chi connectivity index (χ0) is 17.9. The number of sulfonamides is 1. The first-order valence-corrected chi connectivity index (χ1v) is 8.84. The number of benzene rings is 2. The molecule has 7 nitrogen and oxygen atoms in total. The molecular weight excluding hydrogens is 354 g/mol. The maximum atomic E-state index is 11.8. The Labute approximate surface area is 144 Å². The van der Waals surface area contributed by atoms with Crippen molar-refractivity contribution < 1.29 is 13.3 Å². The van der Waals surface area contributed by atoms with Crippen LogP contribution in [0.25, 0.3) is 0 Å². The van der Waals surface area contributed by atoms with E-state index in [0.29, 0.717) is 5.02 Å². The Hall–Kier alpha value is -2.16. The highest BCUT2D eigenvalue weighted by Gasteiger charge is 2.21. The van der Waals surface area contributed by atoms with Gasteiger partial charge in [-0.2, -0.15) is 0 Å². The first-order chi connectivity index (χ1) is 11.2. The van der Waals surface area contributed by atoms with Gasteiger partial charge in [-0.05, 0) is 43.8 Å². The van der Waals surface area contributed by atoms with Crippen LogP contribution in [0.1, 0.15) is 18.5 Å². The van der Waals surface area contributed by atoms with Crippen molar-refractivity contribution in [3.05, 3.63) is 63.2 Å². The Morgan fingerprint density at radius 2 is 1.79 bits per heavy atom. The molecule has 0 aliphatic heterocycles. The molecule has 2 rings (SSSR count). The van der Waals surface area contributed by atoms with Crippen molar-refractivity contribution >= 4 is 33.0 Å². The van der Waals surface area contributed by atoms with Crippen LogP contribution in [0.15, 0.2) is 47.4 Å². The number of anilines is 1. The summed E-state index contributed by atoms with van der Waals surface area (Å²) in [5.41, 5.74) is 0.810. The maximum Gasteiger partial charge on any atom is 0.293 e. The fourth-order valence-electron chi connectivity index (χ4n) is 2.14. The van der Waals surface area contributed by atoms with Crippen LogP contribution >= 0.6 is 11.6 Å². The zero-order valence-corrected chi connectivity index (χ0v) is 14.6. The van der Waals surface area contributed by atoms with Crippen molar-refractivity contribution in [2.45, 2.75) is 17.9 Å². The molecule has 0 saturated heterocycles. The molecule has 2 aromatic carbocycles. The minimum absolute atomic E-state index is 0.165. The summed E-state index contributed by atoms with van der Waals surface area (Å²) in [6.45, 7) is 1.84. The second kappa shape index (κ2) is 7.16. The van der Waals surface area contributed by atoms with Crippen molar-refractivity contribution in [3.63, 3.8) is 0 Å². The third kappa shape index (κ3) is 4.02. The van der Waals surface area contributed by atoms with Gasteiger partial charge in [0.2, 0.25) is 10.0 Å². The summed E-state index contributed by atoms with van der Waals surface area (Å²) in [5.74, 6) is 0. The van der Waals surface area contributed by atoms with Gasteiger partial charge in [0.15, 0.2) is 0 Å². The van der Waals surface area contributed by atoms with Gasteiger partial charge in [0.05, 0.1) is 9.82 Å². The molecule has 0 aliphatic carbocycles. The summed E-state index contributed by atoms with van der Waals surface area (Å²) >= 11 is 5.84. The molecule has 0 aliphatic rings. The predicted molar refractivity (Wildman–Crippen MR) is 92.8 cm³/mol. The van der Waals surface area contributed by atoms with E-state index in [1.807, 2.05) is 19.1 Å². The highest BCUT2D eigenvalue weighted by molar-refractivity contribution is 7.89. The van der Waals surface area contributed by atoms with Gasteiger partial charge in [-0.3, -0.25) is 10.1 Å². The number of nitrogens with one attached hydrogen (secondary N) is 2. The third-order valence-corrected chi connectivity index (χ3v) is 5.15. The average molecular weight is 370 g/mol. The summed E-state index contributed by atoms with van der Waals surface area (Å²) in [7, 11) is -2.51. The van der Waals surface area contributed by atoms with E-state index in [4.69, 9.17) is 11.6 Å². The topological polar surface area (TPSA) is 101 Å². The first kappa shape index (κ1) is 18.2. The third-order valence-electron chi connectivity index (χ3n) is 3.49. The van der Waals surface area contributed by atoms with E-state index in [-0.39, 0.29) is 22.3 Å². The molecule has 0 bridgehead atoms. The zero-order valence-electron chi connectivity index (χ0n) is 13.0. The number of nitro benzene ring substituents is 1. The molecule has 0 radical (unpaired) electrons. The molecule has 0 spiro atoms. The van der Waals surface area contributed by atoms with E-state index < -0.39 is 14.9 Å². The normalized spacial score (nSPS) is 12.6. The summed E-state index contributed by atoms with van der Waals surface area (Å²) in [5, 5.41) is 14.9. The van der Waals surface area contributed by atoms with Crippen LogP contribution in [0.3, 0.4) is 0 Å².